The Hall–Kier alpha value is -0.850. The molecule has 0 radical (unpaired) electrons. The Morgan fingerprint density at radius 2 is 2.10 bits per heavy atom. The van der Waals surface area contributed by atoms with Crippen molar-refractivity contribution in [2.45, 2.75) is 36.5 Å². The highest BCUT2D eigenvalue weighted by molar-refractivity contribution is 9.10. The summed E-state index contributed by atoms with van der Waals surface area (Å²) in [5.74, 6) is 2.20. The average molecular weight is 356 g/mol. The van der Waals surface area contributed by atoms with E-state index in [1.54, 1.807) is 11.8 Å². The minimum Gasteiger partial charge on any atom is -0.339 e. The number of nitrogens with one attached hydrogen (secondary N) is 1. The topological polar surface area (TPSA) is 51.0 Å². The van der Waals surface area contributed by atoms with Crippen LogP contribution in [0.15, 0.2) is 38.2 Å². The summed E-state index contributed by atoms with van der Waals surface area (Å²) in [6.45, 7) is 2.14. The second kappa shape index (κ2) is 7.81. The van der Waals surface area contributed by atoms with E-state index in [9.17, 15) is 0 Å². The first-order chi connectivity index (χ1) is 9.67. The van der Waals surface area contributed by atoms with Gasteiger partial charge in [0, 0.05) is 21.8 Å². The van der Waals surface area contributed by atoms with E-state index in [2.05, 4.69) is 50.4 Å². The molecule has 0 saturated carbocycles. The normalized spacial score (nSPS) is 12.6. The van der Waals surface area contributed by atoms with Crippen molar-refractivity contribution in [3.63, 3.8) is 0 Å². The minimum atomic E-state index is 0.461. The number of hydrogen-bond donors (Lipinski definition) is 1. The molecule has 0 aliphatic carbocycles. The lowest BCUT2D eigenvalue weighted by Gasteiger charge is -2.06. The van der Waals surface area contributed by atoms with Crippen molar-refractivity contribution in [2.24, 2.45) is 0 Å². The molecule has 1 aromatic carbocycles. The van der Waals surface area contributed by atoms with Crippen molar-refractivity contribution < 1.29 is 4.52 Å². The number of benzene rings is 1. The predicted octanol–water partition coefficient (Wildman–Crippen LogP) is 3.66. The summed E-state index contributed by atoms with van der Waals surface area (Å²) in [5.41, 5.74) is 0. The molecule has 6 heteroatoms. The molecule has 0 aliphatic rings. The first-order valence-corrected chi connectivity index (χ1v) is 8.32. The summed E-state index contributed by atoms with van der Waals surface area (Å²) in [6.07, 6.45) is 1.82. The third-order valence-corrected chi connectivity index (χ3v) is 4.51. The third-order valence-electron chi connectivity index (χ3n) is 2.98. The molecule has 4 nitrogen and oxygen atoms in total. The number of halogens is 1. The zero-order chi connectivity index (χ0) is 14.4. The van der Waals surface area contributed by atoms with E-state index < -0.39 is 0 Å². The van der Waals surface area contributed by atoms with Gasteiger partial charge in [-0.2, -0.15) is 4.98 Å². The largest absolute Gasteiger partial charge is 0.339 e. The van der Waals surface area contributed by atoms with Crippen LogP contribution in [0.5, 0.6) is 0 Å². The van der Waals surface area contributed by atoms with Gasteiger partial charge in [0.1, 0.15) is 0 Å². The van der Waals surface area contributed by atoms with Gasteiger partial charge >= 0.3 is 0 Å². The smallest absolute Gasteiger partial charge is 0.226 e. The van der Waals surface area contributed by atoms with Gasteiger partial charge in [-0.25, -0.2) is 0 Å². The Labute approximate surface area is 131 Å². The third kappa shape index (κ3) is 4.92. The average Bonchev–Trinajstić information content (AvgIpc) is 2.92. The van der Waals surface area contributed by atoms with Crippen LogP contribution in [0.2, 0.25) is 0 Å². The summed E-state index contributed by atoms with van der Waals surface area (Å²) in [6, 6.07) is 8.67. The molecule has 1 N–H and O–H groups in total. The van der Waals surface area contributed by atoms with Crippen LogP contribution in [0, 0.1) is 0 Å². The summed E-state index contributed by atoms with van der Waals surface area (Å²) >= 11 is 5.13. The molecule has 2 rings (SSSR count). The number of thioether (sulfide) groups is 1. The number of nitrogens with zero attached hydrogens (tertiary/aromatic N) is 2. The molecule has 20 heavy (non-hydrogen) atoms. The van der Waals surface area contributed by atoms with Crippen molar-refractivity contribution in [3.05, 3.63) is 40.5 Å². The number of hydrogen-bond acceptors (Lipinski definition) is 5. The van der Waals surface area contributed by atoms with Crippen LogP contribution in [0.3, 0.4) is 0 Å². The SMILES string of the molecule is CNC(C)CCc1nc(CSc2ccc(Br)cc2)no1. The second-order valence-electron chi connectivity index (χ2n) is 4.58. The Morgan fingerprint density at radius 3 is 2.80 bits per heavy atom. The van der Waals surface area contributed by atoms with Gasteiger partial charge in [0.25, 0.3) is 0 Å². The molecule has 0 fully saturated rings. The van der Waals surface area contributed by atoms with Crippen LogP contribution < -0.4 is 5.32 Å². The maximum Gasteiger partial charge on any atom is 0.226 e. The number of rotatable bonds is 7. The van der Waals surface area contributed by atoms with Crippen molar-refractivity contribution in [3.8, 4) is 0 Å². The van der Waals surface area contributed by atoms with E-state index in [1.807, 2.05) is 19.2 Å². The lowest BCUT2D eigenvalue weighted by molar-refractivity contribution is 0.365. The van der Waals surface area contributed by atoms with Gasteiger partial charge in [-0.15, -0.1) is 11.8 Å². The van der Waals surface area contributed by atoms with Gasteiger partial charge < -0.3 is 9.84 Å². The molecule has 0 saturated heterocycles. The zero-order valence-electron chi connectivity index (χ0n) is 11.6. The van der Waals surface area contributed by atoms with Crippen LogP contribution in [0.4, 0.5) is 0 Å². The molecule has 0 aliphatic heterocycles. The van der Waals surface area contributed by atoms with Crippen molar-refractivity contribution in [2.75, 3.05) is 7.05 Å². The van der Waals surface area contributed by atoms with Gasteiger partial charge in [0.05, 0.1) is 5.75 Å². The summed E-state index contributed by atoms with van der Waals surface area (Å²) < 4.78 is 6.34. The first kappa shape index (κ1) is 15.5. The molecule has 2 aromatic rings. The highest BCUT2D eigenvalue weighted by Gasteiger charge is 2.08. The fourth-order valence-electron chi connectivity index (χ4n) is 1.61. The number of aryl methyl sites for hydroxylation is 1. The van der Waals surface area contributed by atoms with E-state index in [-0.39, 0.29) is 0 Å². The molecule has 1 atom stereocenters. The Bertz CT molecular complexity index is 529. The minimum absolute atomic E-state index is 0.461. The van der Waals surface area contributed by atoms with Gasteiger partial charge in [0.2, 0.25) is 5.89 Å². The standard InChI is InChI=1S/C14H18BrN3OS/c1-10(16-2)3-8-14-17-13(18-19-14)9-20-12-6-4-11(15)5-7-12/h4-7,10,16H,3,8-9H2,1-2H3. The van der Waals surface area contributed by atoms with Crippen molar-refractivity contribution in [1.29, 1.82) is 0 Å². The Kier molecular flexibility index (Phi) is 6.06. The van der Waals surface area contributed by atoms with Crippen LogP contribution in [-0.4, -0.2) is 23.2 Å². The molecule has 1 unspecified atom stereocenters. The molecule has 0 spiro atoms. The maximum atomic E-state index is 5.26. The molecule has 0 amide bonds. The van der Waals surface area contributed by atoms with Gasteiger partial charge in [-0.1, -0.05) is 21.1 Å². The quantitative estimate of drug-likeness (QED) is 0.768. The predicted molar refractivity (Wildman–Crippen MR) is 84.8 cm³/mol. The summed E-state index contributed by atoms with van der Waals surface area (Å²) in [4.78, 5) is 5.61. The Morgan fingerprint density at radius 1 is 1.35 bits per heavy atom. The lowest BCUT2D eigenvalue weighted by atomic mass is 10.2. The Balaban J connectivity index is 1.82. The first-order valence-electron chi connectivity index (χ1n) is 6.54. The number of aromatic nitrogens is 2. The highest BCUT2D eigenvalue weighted by atomic mass is 79.9. The second-order valence-corrected chi connectivity index (χ2v) is 6.54. The summed E-state index contributed by atoms with van der Waals surface area (Å²) in [7, 11) is 1.96. The van der Waals surface area contributed by atoms with Crippen LogP contribution >= 0.6 is 27.7 Å². The van der Waals surface area contributed by atoms with Crippen LogP contribution in [0.25, 0.3) is 0 Å². The zero-order valence-corrected chi connectivity index (χ0v) is 14.0. The molecule has 108 valence electrons. The van der Waals surface area contributed by atoms with Crippen LogP contribution in [-0.2, 0) is 12.2 Å². The monoisotopic (exact) mass is 355 g/mol. The van der Waals surface area contributed by atoms with E-state index in [1.165, 1.54) is 4.90 Å². The summed E-state index contributed by atoms with van der Waals surface area (Å²) in [5, 5.41) is 7.21. The van der Waals surface area contributed by atoms with Crippen molar-refractivity contribution in [1.82, 2.24) is 15.5 Å². The molecule has 1 heterocycles. The van der Waals surface area contributed by atoms with E-state index in [4.69, 9.17) is 4.52 Å². The molecular weight excluding hydrogens is 338 g/mol. The van der Waals surface area contributed by atoms with E-state index in [0.29, 0.717) is 6.04 Å². The van der Waals surface area contributed by atoms with E-state index >= 15 is 0 Å². The van der Waals surface area contributed by atoms with Crippen molar-refractivity contribution >= 4 is 27.7 Å². The van der Waals surface area contributed by atoms with E-state index in [0.717, 1.165) is 34.8 Å². The molecule has 1 aromatic heterocycles. The van der Waals surface area contributed by atoms with Gasteiger partial charge in [-0.3, -0.25) is 0 Å². The highest BCUT2D eigenvalue weighted by Crippen LogP contribution is 2.23. The molecule has 0 bridgehead atoms. The fraction of sp³-hybridized carbons (Fsp3) is 0.429. The van der Waals surface area contributed by atoms with Gasteiger partial charge in [-0.05, 0) is 44.7 Å². The maximum absolute atomic E-state index is 5.26. The lowest BCUT2D eigenvalue weighted by Crippen LogP contribution is -2.21. The molecular formula is C14H18BrN3OS. The van der Waals surface area contributed by atoms with Gasteiger partial charge in [0.15, 0.2) is 5.82 Å². The van der Waals surface area contributed by atoms with Crippen LogP contribution in [0.1, 0.15) is 25.1 Å². The fourth-order valence-corrected chi connectivity index (χ4v) is 2.62.